The summed E-state index contributed by atoms with van der Waals surface area (Å²) in [6, 6.07) is 5.78. The molecule has 0 radical (unpaired) electrons. The number of rotatable bonds is 7. The van der Waals surface area contributed by atoms with Crippen molar-refractivity contribution in [1.82, 2.24) is 14.5 Å². The highest BCUT2D eigenvalue weighted by Gasteiger charge is 2.38. The number of nitrogens with zero attached hydrogens (tertiary/aromatic N) is 4. The van der Waals surface area contributed by atoms with Crippen molar-refractivity contribution >= 4 is 45.9 Å². The molecule has 9 heteroatoms. The average Bonchev–Trinajstić information content (AvgIpc) is 3.35. The average molecular weight is 463 g/mol. The van der Waals surface area contributed by atoms with E-state index in [4.69, 9.17) is 38.0 Å². The molecule has 1 atom stereocenters. The first kappa shape index (κ1) is 21.9. The van der Waals surface area contributed by atoms with E-state index in [1.807, 2.05) is 22.9 Å². The number of carboxylic acids is 1. The Morgan fingerprint density at radius 3 is 2.87 bits per heavy atom. The summed E-state index contributed by atoms with van der Waals surface area (Å²) in [7, 11) is 0. The Labute approximate surface area is 190 Å². The van der Waals surface area contributed by atoms with Gasteiger partial charge in [-0.2, -0.15) is 0 Å². The molecule has 31 heavy (non-hydrogen) atoms. The number of hydrogen-bond donors (Lipinski definition) is 1. The van der Waals surface area contributed by atoms with Gasteiger partial charge in [0.1, 0.15) is 5.82 Å². The predicted octanol–water partition coefficient (Wildman–Crippen LogP) is 4.82. The number of hydrogen-bond acceptors (Lipinski definition) is 5. The molecule has 0 spiro atoms. The van der Waals surface area contributed by atoms with Gasteiger partial charge in [0.25, 0.3) is 0 Å². The first-order valence-electron chi connectivity index (χ1n) is 10.1. The number of benzene rings is 1. The molecule has 1 aliphatic rings. The van der Waals surface area contributed by atoms with Gasteiger partial charge in [-0.1, -0.05) is 37.0 Å². The molecule has 4 rings (SSSR count). The van der Waals surface area contributed by atoms with Crippen LogP contribution in [0.15, 0.2) is 36.9 Å². The van der Waals surface area contributed by atoms with Crippen molar-refractivity contribution in [2.75, 3.05) is 24.7 Å². The fraction of sp³-hybridized carbons (Fsp3) is 0.409. The first-order chi connectivity index (χ1) is 14.7. The van der Waals surface area contributed by atoms with Crippen LogP contribution in [0.3, 0.4) is 0 Å². The molecule has 3 heterocycles. The molecule has 0 aliphatic carbocycles. The zero-order chi connectivity index (χ0) is 22.2. The predicted molar refractivity (Wildman–Crippen MR) is 121 cm³/mol. The normalized spacial score (nSPS) is 18.1. The topological polar surface area (TPSA) is 80.5 Å². The van der Waals surface area contributed by atoms with E-state index in [2.05, 4.69) is 23.7 Å². The van der Waals surface area contributed by atoms with Crippen LogP contribution >= 0.6 is 23.2 Å². The summed E-state index contributed by atoms with van der Waals surface area (Å²) in [6.45, 7) is 5.82. The van der Waals surface area contributed by atoms with E-state index >= 15 is 0 Å². The summed E-state index contributed by atoms with van der Waals surface area (Å²) >= 11 is 12.8. The highest BCUT2D eigenvalue weighted by atomic mass is 35.5. The maximum absolute atomic E-state index is 10.8. The lowest BCUT2D eigenvalue weighted by atomic mass is 9.91. The number of ether oxygens (including phenoxy) is 1. The molecule has 0 amide bonds. The van der Waals surface area contributed by atoms with Crippen LogP contribution in [-0.2, 0) is 9.53 Å². The molecule has 1 aliphatic heterocycles. The first-order valence-corrected chi connectivity index (χ1v) is 10.8. The summed E-state index contributed by atoms with van der Waals surface area (Å²) < 4.78 is 7.62. The highest BCUT2D eigenvalue weighted by molar-refractivity contribution is 6.45. The zero-order valence-electron chi connectivity index (χ0n) is 17.4. The molecule has 7 nitrogen and oxygen atoms in total. The summed E-state index contributed by atoms with van der Waals surface area (Å²) in [4.78, 5) is 22.1. The fourth-order valence-electron chi connectivity index (χ4n) is 4.16. The Balaban J connectivity index is 1.74. The van der Waals surface area contributed by atoms with Crippen LogP contribution in [0.4, 0.5) is 5.82 Å². The second-order valence-electron chi connectivity index (χ2n) is 8.60. The minimum Gasteiger partial charge on any atom is -0.481 e. The SMILES string of the molecule is CC1(C)C[C@@H](COCCC(=O)O)N(c2cc(-n3ccnc3)c3ccc(Cl)c(Cl)c3n2)C1. The molecule has 0 bridgehead atoms. The van der Waals surface area contributed by atoms with Gasteiger partial charge in [0, 0.05) is 30.4 Å². The van der Waals surface area contributed by atoms with E-state index in [1.54, 1.807) is 18.6 Å². The Hall–Kier alpha value is -2.35. The van der Waals surface area contributed by atoms with E-state index in [-0.39, 0.29) is 24.5 Å². The number of halogens is 2. The zero-order valence-corrected chi connectivity index (χ0v) is 18.9. The molecular formula is C22H24Cl2N4O3. The van der Waals surface area contributed by atoms with Gasteiger partial charge in [0.2, 0.25) is 0 Å². The summed E-state index contributed by atoms with van der Waals surface area (Å²) in [5.74, 6) is -0.0888. The smallest absolute Gasteiger partial charge is 0.305 e. The summed E-state index contributed by atoms with van der Waals surface area (Å²) in [5.41, 5.74) is 1.60. The van der Waals surface area contributed by atoms with Crippen molar-refractivity contribution in [1.29, 1.82) is 0 Å². The van der Waals surface area contributed by atoms with Crippen LogP contribution in [0.5, 0.6) is 0 Å². The van der Waals surface area contributed by atoms with Gasteiger partial charge >= 0.3 is 5.97 Å². The van der Waals surface area contributed by atoms with Crippen molar-refractivity contribution in [3.05, 3.63) is 47.0 Å². The van der Waals surface area contributed by atoms with E-state index in [9.17, 15) is 4.79 Å². The second-order valence-corrected chi connectivity index (χ2v) is 9.38. The standard InChI is InChI=1S/C22H24Cl2N4O3/c1-22(2)10-14(11-31-8-5-19(29)30)28(12-22)18-9-17(27-7-6-25-13-27)15-3-4-16(23)20(24)21(15)26-18/h3-4,6-7,9,13-14H,5,8,10-12H2,1-2H3,(H,29,30)/t14-/m0/s1. The van der Waals surface area contributed by atoms with Gasteiger partial charge in [-0.05, 0) is 24.0 Å². The minimum atomic E-state index is -0.865. The van der Waals surface area contributed by atoms with Crippen LogP contribution in [0, 0.1) is 5.41 Å². The van der Waals surface area contributed by atoms with Crippen molar-refractivity contribution < 1.29 is 14.6 Å². The molecule has 0 unspecified atom stereocenters. The third-order valence-corrected chi connectivity index (χ3v) is 6.31. The van der Waals surface area contributed by atoms with Gasteiger partial charge < -0.3 is 19.3 Å². The van der Waals surface area contributed by atoms with Gasteiger partial charge in [-0.25, -0.2) is 9.97 Å². The fourth-order valence-corrected chi connectivity index (χ4v) is 4.52. The lowest BCUT2D eigenvalue weighted by Gasteiger charge is -2.27. The molecular weight excluding hydrogens is 439 g/mol. The maximum atomic E-state index is 10.8. The number of carboxylic acid groups (broad SMARTS) is 1. The number of pyridine rings is 1. The molecule has 1 saturated heterocycles. The van der Waals surface area contributed by atoms with E-state index in [0.717, 1.165) is 29.9 Å². The Morgan fingerprint density at radius 2 is 2.16 bits per heavy atom. The van der Waals surface area contributed by atoms with Gasteiger partial charge in [-0.3, -0.25) is 4.79 Å². The van der Waals surface area contributed by atoms with Crippen molar-refractivity contribution in [3.8, 4) is 5.69 Å². The monoisotopic (exact) mass is 462 g/mol. The number of aromatic nitrogens is 3. The van der Waals surface area contributed by atoms with Gasteiger partial charge in [0.15, 0.2) is 0 Å². The van der Waals surface area contributed by atoms with E-state index in [1.165, 1.54) is 0 Å². The largest absolute Gasteiger partial charge is 0.481 e. The quantitative estimate of drug-likeness (QED) is 0.506. The molecule has 2 aromatic heterocycles. The number of anilines is 1. The summed E-state index contributed by atoms with van der Waals surface area (Å²) in [5, 5.41) is 10.6. The Kier molecular flexibility index (Phi) is 6.10. The Bertz CT molecular complexity index is 1100. The highest BCUT2D eigenvalue weighted by Crippen LogP contribution is 2.40. The van der Waals surface area contributed by atoms with Crippen LogP contribution in [0.25, 0.3) is 16.6 Å². The number of carbonyl (C=O) groups is 1. The molecule has 1 aromatic carbocycles. The summed E-state index contributed by atoms with van der Waals surface area (Å²) in [6.07, 6.45) is 6.23. The second kappa shape index (κ2) is 8.65. The van der Waals surface area contributed by atoms with Gasteiger partial charge in [-0.15, -0.1) is 0 Å². The van der Waals surface area contributed by atoms with E-state index < -0.39 is 5.97 Å². The van der Waals surface area contributed by atoms with Gasteiger partial charge in [0.05, 0.1) is 53.3 Å². The lowest BCUT2D eigenvalue weighted by Crippen LogP contribution is -2.34. The third kappa shape index (κ3) is 4.63. The number of fused-ring (bicyclic) bond motifs is 1. The van der Waals surface area contributed by atoms with Crippen molar-refractivity contribution in [2.45, 2.75) is 32.7 Å². The Morgan fingerprint density at radius 1 is 1.35 bits per heavy atom. The molecule has 3 aromatic rings. The van der Waals surface area contributed by atoms with Crippen LogP contribution < -0.4 is 4.90 Å². The van der Waals surface area contributed by atoms with Crippen molar-refractivity contribution in [3.63, 3.8) is 0 Å². The molecule has 1 N–H and O–H groups in total. The van der Waals surface area contributed by atoms with Crippen LogP contribution in [0.2, 0.25) is 10.0 Å². The van der Waals surface area contributed by atoms with Crippen LogP contribution in [0.1, 0.15) is 26.7 Å². The minimum absolute atomic E-state index is 0.0107. The molecule has 164 valence electrons. The molecule has 1 fully saturated rings. The third-order valence-electron chi connectivity index (χ3n) is 5.51. The molecule has 0 saturated carbocycles. The lowest BCUT2D eigenvalue weighted by molar-refractivity contribution is -0.138. The number of imidazole rings is 1. The van der Waals surface area contributed by atoms with Crippen LogP contribution in [-0.4, -0.2) is 51.4 Å². The van der Waals surface area contributed by atoms with E-state index in [0.29, 0.717) is 22.2 Å². The van der Waals surface area contributed by atoms with Crippen molar-refractivity contribution in [2.24, 2.45) is 5.41 Å². The maximum Gasteiger partial charge on any atom is 0.305 e. The number of aliphatic carboxylic acids is 1.